The highest BCUT2D eigenvalue weighted by atomic mass is 35.5. The van der Waals surface area contributed by atoms with Gasteiger partial charge >= 0.3 is 0 Å². The highest BCUT2D eigenvalue weighted by Crippen LogP contribution is 2.15. The molecule has 2 unspecified atom stereocenters. The van der Waals surface area contributed by atoms with E-state index in [1.807, 2.05) is 25.1 Å². The summed E-state index contributed by atoms with van der Waals surface area (Å²) in [7, 11) is 0. The molecule has 5 nitrogen and oxygen atoms in total. The van der Waals surface area contributed by atoms with E-state index in [2.05, 4.69) is 22.3 Å². The second kappa shape index (κ2) is 12.5. The van der Waals surface area contributed by atoms with Crippen LogP contribution in [-0.2, 0) is 9.53 Å². The number of amides is 1. The van der Waals surface area contributed by atoms with Gasteiger partial charge in [0.1, 0.15) is 0 Å². The third-order valence-electron chi connectivity index (χ3n) is 4.00. The highest BCUT2D eigenvalue weighted by molar-refractivity contribution is 5.85. The van der Waals surface area contributed by atoms with E-state index in [0.29, 0.717) is 6.42 Å². The summed E-state index contributed by atoms with van der Waals surface area (Å²) in [5.41, 5.74) is 7.06. The third kappa shape index (κ3) is 7.36. The van der Waals surface area contributed by atoms with Gasteiger partial charge < -0.3 is 15.8 Å². The lowest BCUT2D eigenvalue weighted by Gasteiger charge is -2.31. The fraction of sp³-hybridized carbons (Fsp3) is 0.588. The first kappa shape index (κ1) is 23.1. The lowest BCUT2D eigenvalue weighted by Crippen LogP contribution is -2.47. The Kier molecular flexibility index (Phi) is 12.1. The van der Waals surface area contributed by atoms with Gasteiger partial charge in [0, 0.05) is 19.6 Å². The molecule has 1 aliphatic heterocycles. The Labute approximate surface area is 157 Å². The molecule has 3 N–H and O–H groups in total. The van der Waals surface area contributed by atoms with Gasteiger partial charge in [-0.25, -0.2) is 0 Å². The molecule has 1 heterocycles. The van der Waals surface area contributed by atoms with Crippen molar-refractivity contribution in [2.45, 2.75) is 31.8 Å². The first-order valence-corrected chi connectivity index (χ1v) is 8.11. The molecule has 1 fully saturated rings. The number of nitrogens with zero attached hydrogens (tertiary/aromatic N) is 1. The second-order valence-electron chi connectivity index (χ2n) is 5.78. The topological polar surface area (TPSA) is 67.6 Å². The number of benzene rings is 1. The van der Waals surface area contributed by atoms with Gasteiger partial charge in [0.05, 0.1) is 25.3 Å². The summed E-state index contributed by atoms with van der Waals surface area (Å²) in [6.07, 6.45) is 1.62. The molecule has 0 spiro atoms. The SMILES string of the molecule is CCCC(N)C(=O)NC(CN1CCOCC1)c1ccccc1.Cl.Cl. The van der Waals surface area contributed by atoms with Crippen LogP contribution in [-0.4, -0.2) is 49.7 Å². The van der Waals surface area contributed by atoms with Crippen LogP contribution in [0.3, 0.4) is 0 Å². The van der Waals surface area contributed by atoms with Gasteiger partial charge in [-0.1, -0.05) is 43.7 Å². The van der Waals surface area contributed by atoms with Crippen molar-refractivity contribution in [2.24, 2.45) is 5.73 Å². The van der Waals surface area contributed by atoms with Crippen molar-refractivity contribution in [2.75, 3.05) is 32.8 Å². The summed E-state index contributed by atoms with van der Waals surface area (Å²) in [4.78, 5) is 14.6. The Morgan fingerprint density at radius 3 is 2.46 bits per heavy atom. The van der Waals surface area contributed by atoms with Crippen molar-refractivity contribution in [3.05, 3.63) is 35.9 Å². The number of carbonyl (C=O) groups excluding carboxylic acids is 1. The Bertz CT molecular complexity index is 456. The Balaban J connectivity index is 0.00000264. The number of rotatable bonds is 7. The van der Waals surface area contributed by atoms with Crippen LogP contribution in [0.4, 0.5) is 0 Å². The summed E-state index contributed by atoms with van der Waals surface area (Å²) in [5.74, 6) is -0.0658. The van der Waals surface area contributed by atoms with E-state index in [0.717, 1.165) is 44.8 Å². The molecule has 1 saturated heterocycles. The predicted octanol–water partition coefficient (Wildman–Crippen LogP) is 2.15. The van der Waals surface area contributed by atoms with Gasteiger partial charge in [-0.05, 0) is 12.0 Å². The zero-order chi connectivity index (χ0) is 15.8. The van der Waals surface area contributed by atoms with E-state index in [1.165, 1.54) is 0 Å². The van der Waals surface area contributed by atoms with Crippen LogP contribution >= 0.6 is 24.8 Å². The Hall–Kier alpha value is -0.850. The van der Waals surface area contributed by atoms with E-state index in [9.17, 15) is 4.79 Å². The van der Waals surface area contributed by atoms with Crippen molar-refractivity contribution in [1.82, 2.24) is 10.2 Å². The average molecular weight is 378 g/mol. The van der Waals surface area contributed by atoms with Gasteiger partial charge in [-0.3, -0.25) is 9.69 Å². The minimum atomic E-state index is -0.430. The number of morpholine rings is 1. The highest BCUT2D eigenvalue weighted by Gasteiger charge is 2.22. The van der Waals surface area contributed by atoms with Gasteiger partial charge in [0.15, 0.2) is 0 Å². The van der Waals surface area contributed by atoms with Crippen LogP contribution in [0, 0.1) is 0 Å². The number of hydrogen-bond donors (Lipinski definition) is 2. The minimum absolute atomic E-state index is 0. The second-order valence-corrected chi connectivity index (χ2v) is 5.78. The van der Waals surface area contributed by atoms with Crippen LogP contribution in [0.5, 0.6) is 0 Å². The molecule has 1 aliphatic rings. The molecule has 0 aliphatic carbocycles. The summed E-state index contributed by atoms with van der Waals surface area (Å²) >= 11 is 0. The van der Waals surface area contributed by atoms with Crippen LogP contribution in [0.25, 0.3) is 0 Å². The molecule has 138 valence electrons. The normalized spacial score (nSPS) is 17.1. The minimum Gasteiger partial charge on any atom is -0.379 e. The monoisotopic (exact) mass is 377 g/mol. The zero-order valence-corrected chi connectivity index (χ0v) is 15.8. The molecule has 0 radical (unpaired) electrons. The molecular weight excluding hydrogens is 349 g/mol. The van der Waals surface area contributed by atoms with Gasteiger partial charge in [0.25, 0.3) is 0 Å². The molecule has 1 amide bonds. The maximum atomic E-state index is 12.3. The summed E-state index contributed by atoms with van der Waals surface area (Å²) < 4.78 is 5.39. The molecule has 0 aromatic heterocycles. The number of nitrogens with one attached hydrogen (secondary N) is 1. The van der Waals surface area contributed by atoms with E-state index < -0.39 is 6.04 Å². The predicted molar refractivity (Wildman–Crippen MR) is 102 cm³/mol. The quantitative estimate of drug-likeness (QED) is 0.763. The molecule has 24 heavy (non-hydrogen) atoms. The fourth-order valence-electron chi connectivity index (χ4n) is 2.68. The van der Waals surface area contributed by atoms with Crippen LogP contribution < -0.4 is 11.1 Å². The molecular formula is C17H29Cl2N3O2. The third-order valence-corrected chi connectivity index (χ3v) is 4.00. The smallest absolute Gasteiger partial charge is 0.237 e. The van der Waals surface area contributed by atoms with E-state index in [4.69, 9.17) is 10.5 Å². The molecule has 2 atom stereocenters. The van der Waals surface area contributed by atoms with E-state index >= 15 is 0 Å². The van der Waals surface area contributed by atoms with Crippen LogP contribution in [0.2, 0.25) is 0 Å². The summed E-state index contributed by atoms with van der Waals surface area (Å²) in [5, 5.41) is 3.12. The standard InChI is InChI=1S/C17H27N3O2.2ClH/c1-2-6-15(18)17(21)19-16(14-7-4-3-5-8-14)13-20-9-11-22-12-10-20;;/h3-5,7-8,15-16H,2,6,9-13,18H2,1H3,(H,19,21);2*1H. The number of nitrogens with two attached hydrogens (primary N) is 1. The van der Waals surface area contributed by atoms with Crippen molar-refractivity contribution in [1.29, 1.82) is 0 Å². The average Bonchev–Trinajstić information content (AvgIpc) is 2.56. The van der Waals surface area contributed by atoms with Crippen molar-refractivity contribution in [3.63, 3.8) is 0 Å². The van der Waals surface area contributed by atoms with E-state index in [-0.39, 0.29) is 36.8 Å². The first-order valence-electron chi connectivity index (χ1n) is 8.11. The van der Waals surface area contributed by atoms with Crippen LogP contribution in [0.15, 0.2) is 30.3 Å². The summed E-state index contributed by atoms with van der Waals surface area (Å²) in [6.45, 7) is 6.14. The number of hydrogen-bond acceptors (Lipinski definition) is 4. The van der Waals surface area contributed by atoms with Gasteiger partial charge in [-0.15, -0.1) is 24.8 Å². The maximum absolute atomic E-state index is 12.3. The summed E-state index contributed by atoms with van der Waals surface area (Å²) in [6, 6.07) is 9.63. The number of halogens is 2. The Morgan fingerprint density at radius 2 is 1.88 bits per heavy atom. The number of ether oxygens (including phenoxy) is 1. The Morgan fingerprint density at radius 1 is 1.25 bits per heavy atom. The van der Waals surface area contributed by atoms with Crippen molar-refractivity contribution in [3.8, 4) is 0 Å². The molecule has 1 aromatic carbocycles. The van der Waals surface area contributed by atoms with Crippen molar-refractivity contribution >= 4 is 30.7 Å². The molecule has 7 heteroatoms. The molecule has 0 saturated carbocycles. The van der Waals surface area contributed by atoms with Crippen LogP contribution in [0.1, 0.15) is 31.4 Å². The lowest BCUT2D eigenvalue weighted by molar-refractivity contribution is -0.123. The molecule has 0 bridgehead atoms. The van der Waals surface area contributed by atoms with E-state index in [1.54, 1.807) is 0 Å². The first-order chi connectivity index (χ1) is 10.7. The van der Waals surface area contributed by atoms with Gasteiger partial charge in [-0.2, -0.15) is 0 Å². The van der Waals surface area contributed by atoms with Gasteiger partial charge in [0.2, 0.25) is 5.91 Å². The molecule has 2 rings (SSSR count). The largest absolute Gasteiger partial charge is 0.379 e. The zero-order valence-electron chi connectivity index (χ0n) is 14.1. The van der Waals surface area contributed by atoms with Crippen molar-refractivity contribution < 1.29 is 9.53 Å². The lowest BCUT2D eigenvalue weighted by atomic mass is 10.0. The fourth-order valence-corrected chi connectivity index (χ4v) is 2.68. The number of carbonyl (C=O) groups is 1. The molecule has 1 aromatic rings. The maximum Gasteiger partial charge on any atom is 0.237 e.